The van der Waals surface area contributed by atoms with Crippen LogP contribution >= 0.6 is 0 Å². The second-order valence-electron chi connectivity index (χ2n) is 3.80. The van der Waals surface area contributed by atoms with Crippen LogP contribution in [-0.2, 0) is 9.59 Å². The molecule has 0 aromatic heterocycles. The van der Waals surface area contributed by atoms with E-state index in [1.807, 2.05) is 6.92 Å². The summed E-state index contributed by atoms with van der Waals surface area (Å²) in [4.78, 5) is 24.8. The van der Waals surface area contributed by atoms with Gasteiger partial charge in [-0.3, -0.25) is 14.5 Å². The lowest BCUT2D eigenvalue weighted by Gasteiger charge is -2.24. The highest BCUT2D eigenvalue weighted by molar-refractivity contribution is 6.18. The van der Waals surface area contributed by atoms with Gasteiger partial charge in [-0.1, -0.05) is 6.92 Å². The van der Waals surface area contributed by atoms with E-state index in [9.17, 15) is 9.59 Å². The highest BCUT2D eigenvalue weighted by Gasteiger charge is 2.37. The molecule has 0 bridgehead atoms. The second kappa shape index (κ2) is 4.57. The highest BCUT2D eigenvalue weighted by Crippen LogP contribution is 2.24. The molecule has 1 atom stereocenters. The Kier molecular flexibility index (Phi) is 3.63. The summed E-state index contributed by atoms with van der Waals surface area (Å²) < 4.78 is 0. The lowest BCUT2D eigenvalue weighted by molar-refractivity contribution is -0.140. The fraction of sp³-hybridized carbons (Fsp3) is 0.636. The van der Waals surface area contributed by atoms with E-state index in [0.29, 0.717) is 24.0 Å². The number of amides is 2. The van der Waals surface area contributed by atoms with Crippen molar-refractivity contribution >= 4 is 11.8 Å². The summed E-state index contributed by atoms with van der Waals surface area (Å²) in [6.07, 6.45) is 1.13. The summed E-state index contributed by atoms with van der Waals surface area (Å²) in [7, 11) is 0. The Bertz CT molecular complexity index is 296. The fourth-order valence-corrected chi connectivity index (χ4v) is 1.77. The first kappa shape index (κ1) is 11.9. The molecule has 0 saturated heterocycles. The van der Waals surface area contributed by atoms with Crippen LogP contribution in [0.5, 0.6) is 0 Å². The molecule has 1 unspecified atom stereocenters. The molecule has 0 spiro atoms. The normalized spacial score (nSPS) is 19.1. The van der Waals surface area contributed by atoms with Crippen LogP contribution in [0.15, 0.2) is 11.1 Å². The standard InChI is InChI=1S/C11H17NO3/c1-4-9(5-6-13)12-10(14)7(2)8(3)11(12)15/h9,13H,4-6H2,1-3H3. The van der Waals surface area contributed by atoms with Crippen LogP contribution < -0.4 is 0 Å². The van der Waals surface area contributed by atoms with Gasteiger partial charge in [-0.25, -0.2) is 0 Å². The molecular weight excluding hydrogens is 194 g/mol. The minimum absolute atomic E-state index is 0.00629. The fourth-order valence-electron chi connectivity index (χ4n) is 1.77. The van der Waals surface area contributed by atoms with E-state index in [1.165, 1.54) is 4.90 Å². The first-order valence-electron chi connectivity index (χ1n) is 5.20. The Hall–Kier alpha value is -1.16. The molecule has 1 heterocycles. The molecule has 1 aliphatic rings. The van der Waals surface area contributed by atoms with Crippen LogP contribution in [0.2, 0.25) is 0 Å². The molecule has 1 N–H and O–H groups in total. The van der Waals surface area contributed by atoms with Gasteiger partial charge in [-0.2, -0.15) is 0 Å². The van der Waals surface area contributed by atoms with Gasteiger partial charge < -0.3 is 5.11 Å². The zero-order valence-electron chi connectivity index (χ0n) is 9.41. The van der Waals surface area contributed by atoms with E-state index in [-0.39, 0.29) is 24.5 Å². The topological polar surface area (TPSA) is 57.6 Å². The average Bonchev–Trinajstić information content (AvgIpc) is 2.41. The molecule has 0 aromatic rings. The van der Waals surface area contributed by atoms with Gasteiger partial charge in [0.1, 0.15) is 0 Å². The maximum absolute atomic E-state index is 11.8. The van der Waals surface area contributed by atoms with E-state index in [1.54, 1.807) is 13.8 Å². The van der Waals surface area contributed by atoms with Crippen molar-refractivity contribution in [2.45, 2.75) is 39.7 Å². The Labute approximate surface area is 89.6 Å². The van der Waals surface area contributed by atoms with Crippen LogP contribution in [0.4, 0.5) is 0 Å². The molecule has 15 heavy (non-hydrogen) atoms. The lowest BCUT2D eigenvalue weighted by Crippen LogP contribution is -2.41. The second-order valence-corrected chi connectivity index (χ2v) is 3.80. The Morgan fingerprint density at radius 2 is 1.67 bits per heavy atom. The summed E-state index contributed by atoms with van der Waals surface area (Å²) in [5, 5.41) is 8.87. The lowest BCUT2D eigenvalue weighted by atomic mass is 10.1. The molecule has 0 aliphatic carbocycles. The van der Waals surface area contributed by atoms with Crippen molar-refractivity contribution in [2.75, 3.05) is 6.61 Å². The van der Waals surface area contributed by atoms with Gasteiger partial charge in [0.15, 0.2) is 0 Å². The van der Waals surface area contributed by atoms with Crippen molar-refractivity contribution in [3.63, 3.8) is 0 Å². The molecule has 0 radical (unpaired) electrons. The quantitative estimate of drug-likeness (QED) is 0.701. The van der Waals surface area contributed by atoms with Gasteiger partial charge in [0.2, 0.25) is 0 Å². The third-order valence-electron chi connectivity index (χ3n) is 2.94. The number of carbonyl (C=O) groups excluding carboxylic acids is 2. The van der Waals surface area contributed by atoms with Crippen LogP contribution in [0.1, 0.15) is 33.6 Å². The number of carbonyl (C=O) groups is 2. The first-order chi connectivity index (χ1) is 7.04. The summed E-state index contributed by atoms with van der Waals surface area (Å²) >= 11 is 0. The summed E-state index contributed by atoms with van der Waals surface area (Å²) in [5.41, 5.74) is 1.05. The number of nitrogens with zero attached hydrogens (tertiary/aromatic N) is 1. The average molecular weight is 211 g/mol. The molecule has 0 fully saturated rings. The number of aliphatic hydroxyl groups is 1. The highest BCUT2D eigenvalue weighted by atomic mass is 16.3. The molecule has 84 valence electrons. The van der Waals surface area contributed by atoms with Gasteiger partial charge >= 0.3 is 0 Å². The third-order valence-corrected chi connectivity index (χ3v) is 2.94. The molecular formula is C11H17NO3. The number of rotatable bonds is 4. The molecule has 4 heteroatoms. The predicted octanol–water partition coefficient (Wildman–Crippen LogP) is 0.853. The number of aliphatic hydroxyl groups excluding tert-OH is 1. The number of imide groups is 1. The van der Waals surface area contributed by atoms with E-state index in [0.717, 1.165) is 0 Å². The SMILES string of the molecule is CCC(CCO)N1C(=O)C(C)=C(C)C1=O. The molecule has 2 amide bonds. The monoisotopic (exact) mass is 211 g/mol. The third kappa shape index (κ3) is 1.95. The van der Waals surface area contributed by atoms with Crippen LogP contribution in [0, 0.1) is 0 Å². The van der Waals surface area contributed by atoms with Crippen molar-refractivity contribution in [2.24, 2.45) is 0 Å². The van der Waals surface area contributed by atoms with E-state index < -0.39 is 0 Å². The van der Waals surface area contributed by atoms with Crippen molar-refractivity contribution in [3.8, 4) is 0 Å². The van der Waals surface area contributed by atoms with E-state index in [2.05, 4.69) is 0 Å². The van der Waals surface area contributed by atoms with Crippen LogP contribution in [0.3, 0.4) is 0 Å². The summed E-state index contributed by atoms with van der Waals surface area (Å²) in [6.45, 7) is 5.24. The molecule has 1 rings (SSSR count). The number of hydrogen-bond acceptors (Lipinski definition) is 3. The van der Waals surface area contributed by atoms with Crippen molar-refractivity contribution in [1.29, 1.82) is 0 Å². The van der Waals surface area contributed by atoms with Crippen LogP contribution in [-0.4, -0.2) is 34.5 Å². The van der Waals surface area contributed by atoms with Crippen molar-refractivity contribution in [1.82, 2.24) is 4.90 Å². The minimum atomic E-state index is -0.210. The molecule has 1 aliphatic heterocycles. The Morgan fingerprint density at radius 1 is 1.20 bits per heavy atom. The largest absolute Gasteiger partial charge is 0.396 e. The van der Waals surface area contributed by atoms with Gasteiger partial charge in [0, 0.05) is 23.8 Å². The Morgan fingerprint density at radius 3 is 2.00 bits per heavy atom. The Balaban J connectivity index is 2.90. The number of hydrogen-bond donors (Lipinski definition) is 1. The molecule has 4 nitrogen and oxygen atoms in total. The first-order valence-corrected chi connectivity index (χ1v) is 5.20. The van der Waals surface area contributed by atoms with Crippen molar-refractivity contribution in [3.05, 3.63) is 11.1 Å². The maximum Gasteiger partial charge on any atom is 0.257 e. The predicted molar refractivity (Wildman–Crippen MR) is 56.0 cm³/mol. The van der Waals surface area contributed by atoms with Gasteiger partial charge in [-0.15, -0.1) is 0 Å². The smallest absolute Gasteiger partial charge is 0.257 e. The zero-order chi connectivity index (χ0) is 11.6. The van der Waals surface area contributed by atoms with E-state index in [4.69, 9.17) is 5.11 Å². The van der Waals surface area contributed by atoms with Gasteiger partial charge in [0.05, 0.1) is 0 Å². The van der Waals surface area contributed by atoms with E-state index >= 15 is 0 Å². The molecule has 0 saturated carbocycles. The van der Waals surface area contributed by atoms with Crippen LogP contribution in [0.25, 0.3) is 0 Å². The maximum atomic E-state index is 11.8. The van der Waals surface area contributed by atoms with Gasteiger partial charge in [0.25, 0.3) is 11.8 Å². The zero-order valence-corrected chi connectivity index (χ0v) is 9.41. The molecule has 0 aromatic carbocycles. The minimum Gasteiger partial charge on any atom is -0.396 e. The van der Waals surface area contributed by atoms with Crippen molar-refractivity contribution < 1.29 is 14.7 Å². The summed E-state index contributed by atoms with van der Waals surface area (Å²) in [5.74, 6) is -0.421. The van der Waals surface area contributed by atoms with Gasteiger partial charge in [-0.05, 0) is 26.7 Å². The summed E-state index contributed by atoms with van der Waals surface area (Å²) in [6, 6.07) is -0.178.